The molecule has 0 saturated carbocycles. The Morgan fingerprint density at radius 1 is 1.10 bits per heavy atom. The Bertz CT molecular complexity index is 1050. The Labute approximate surface area is 172 Å². The molecule has 0 amide bonds. The lowest BCUT2D eigenvalue weighted by Crippen LogP contribution is -2.24. The van der Waals surface area contributed by atoms with Gasteiger partial charge in [-0.15, -0.1) is 0 Å². The molecule has 29 heavy (non-hydrogen) atoms. The third-order valence-corrected chi connectivity index (χ3v) is 4.85. The van der Waals surface area contributed by atoms with Crippen molar-refractivity contribution >= 4 is 39.1 Å². The Kier molecular flexibility index (Phi) is 5.99. The van der Waals surface area contributed by atoms with Crippen LogP contribution in [0, 0.1) is 0 Å². The van der Waals surface area contributed by atoms with Crippen LogP contribution in [0.5, 0.6) is 11.5 Å². The van der Waals surface area contributed by atoms with E-state index in [9.17, 15) is 18.0 Å². The summed E-state index contributed by atoms with van der Waals surface area (Å²) in [5.41, 5.74) is 0.718. The van der Waals surface area contributed by atoms with Gasteiger partial charge in [0.1, 0.15) is 13.2 Å². The number of carbonyl (C=O) groups is 2. The van der Waals surface area contributed by atoms with E-state index < -0.39 is 27.9 Å². The van der Waals surface area contributed by atoms with Crippen LogP contribution in [0.2, 0.25) is 5.02 Å². The Morgan fingerprint density at radius 3 is 2.41 bits per heavy atom. The molecule has 0 saturated heterocycles. The first-order valence-corrected chi connectivity index (χ1v) is 10.8. The largest absolute Gasteiger partial charge is 0.486 e. The van der Waals surface area contributed by atoms with Crippen molar-refractivity contribution in [3.63, 3.8) is 0 Å². The molecule has 8 nitrogen and oxygen atoms in total. The second-order valence-electron chi connectivity index (χ2n) is 6.35. The SMILES string of the molecule is CC(OC(=O)c1cc(Cl)c2c(c1)OCCO2)C(=O)c1ccc(NS(C)(=O)=O)cc1. The molecule has 0 spiro atoms. The lowest BCUT2D eigenvalue weighted by Gasteiger charge is -2.20. The van der Waals surface area contributed by atoms with E-state index in [1.54, 1.807) is 0 Å². The predicted octanol–water partition coefficient (Wildman–Crippen LogP) is 2.91. The van der Waals surface area contributed by atoms with Gasteiger partial charge in [0.15, 0.2) is 17.6 Å². The second kappa shape index (κ2) is 8.30. The number of hydrogen-bond acceptors (Lipinski definition) is 7. The van der Waals surface area contributed by atoms with Gasteiger partial charge in [0.25, 0.3) is 0 Å². The van der Waals surface area contributed by atoms with E-state index in [0.717, 1.165) is 6.26 Å². The number of fused-ring (bicyclic) bond motifs is 1. The number of ether oxygens (including phenoxy) is 3. The molecule has 2 aromatic carbocycles. The third-order valence-electron chi connectivity index (χ3n) is 3.96. The number of halogens is 1. The van der Waals surface area contributed by atoms with Gasteiger partial charge in [-0.1, -0.05) is 11.6 Å². The zero-order valence-corrected chi connectivity index (χ0v) is 17.2. The molecule has 10 heteroatoms. The first-order chi connectivity index (χ1) is 13.6. The maximum atomic E-state index is 12.5. The number of rotatable bonds is 6. The van der Waals surface area contributed by atoms with Gasteiger partial charge in [-0.3, -0.25) is 9.52 Å². The summed E-state index contributed by atoms with van der Waals surface area (Å²) in [6, 6.07) is 8.63. The highest BCUT2D eigenvalue weighted by Gasteiger charge is 2.24. The summed E-state index contributed by atoms with van der Waals surface area (Å²) in [5, 5.41) is 0.210. The summed E-state index contributed by atoms with van der Waals surface area (Å²) in [6.45, 7) is 2.14. The van der Waals surface area contributed by atoms with Crippen LogP contribution in [-0.4, -0.2) is 45.7 Å². The summed E-state index contributed by atoms with van der Waals surface area (Å²) in [6.07, 6.45) is -0.0410. The standard InChI is InChI=1S/C19H18ClNO7S/c1-11(17(22)12-3-5-14(6-4-12)21-29(2,24)25)28-19(23)13-9-15(20)18-16(10-13)26-7-8-27-18/h3-6,9-11,21H,7-8H2,1-2H3. The van der Waals surface area contributed by atoms with Crippen molar-refractivity contribution in [2.45, 2.75) is 13.0 Å². The van der Waals surface area contributed by atoms with Crippen molar-refractivity contribution in [2.24, 2.45) is 0 Å². The van der Waals surface area contributed by atoms with Gasteiger partial charge in [0.05, 0.1) is 16.8 Å². The summed E-state index contributed by atoms with van der Waals surface area (Å²) in [4.78, 5) is 25.0. The fourth-order valence-electron chi connectivity index (χ4n) is 2.66. The van der Waals surface area contributed by atoms with Crippen LogP contribution in [-0.2, 0) is 14.8 Å². The van der Waals surface area contributed by atoms with Crippen LogP contribution < -0.4 is 14.2 Å². The Balaban J connectivity index is 1.69. The monoisotopic (exact) mass is 439 g/mol. The third kappa shape index (κ3) is 5.18. The molecule has 1 heterocycles. The van der Waals surface area contributed by atoms with Crippen LogP contribution >= 0.6 is 11.6 Å². The first-order valence-electron chi connectivity index (χ1n) is 8.56. The van der Waals surface area contributed by atoms with E-state index in [1.165, 1.54) is 43.3 Å². The first kappa shape index (κ1) is 20.9. The van der Waals surface area contributed by atoms with E-state index in [0.29, 0.717) is 30.4 Å². The summed E-state index contributed by atoms with van der Waals surface area (Å²) in [7, 11) is -3.42. The maximum absolute atomic E-state index is 12.5. The van der Waals surface area contributed by atoms with Crippen molar-refractivity contribution in [3.8, 4) is 11.5 Å². The summed E-state index contributed by atoms with van der Waals surface area (Å²) < 4.78 is 40.9. The van der Waals surface area contributed by atoms with Crippen LogP contribution in [0.1, 0.15) is 27.6 Å². The quantitative estimate of drug-likeness (QED) is 0.544. The predicted molar refractivity (Wildman–Crippen MR) is 107 cm³/mol. The number of Topliss-reactive ketones (excluding diaryl/α,β-unsaturated/α-hetero) is 1. The molecule has 1 aliphatic rings. The molecule has 1 aliphatic heterocycles. The van der Waals surface area contributed by atoms with Gasteiger partial charge in [-0.05, 0) is 43.3 Å². The number of esters is 1. The molecule has 0 aliphatic carbocycles. The van der Waals surface area contributed by atoms with E-state index in [2.05, 4.69) is 4.72 Å². The molecule has 0 aromatic heterocycles. The molecule has 1 atom stereocenters. The molecule has 0 fully saturated rings. The molecule has 0 radical (unpaired) electrons. The van der Waals surface area contributed by atoms with Gasteiger partial charge >= 0.3 is 5.97 Å². The maximum Gasteiger partial charge on any atom is 0.339 e. The normalized spacial score (nSPS) is 14.0. The fourth-order valence-corrected chi connectivity index (χ4v) is 3.49. The van der Waals surface area contributed by atoms with Crippen LogP contribution in [0.15, 0.2) is 36.4 Å². The highest BCUT2D eigenvalue weighted by molar-refractivity contribution is 7.92. The number of ketones is 1. The second-order valence-corrected chi connectivity index (χ2v) is 8.50. The molecule has 154 valence electrons. The van der Waals surface area contributed by atoms with Gasteiger partial charge in [-0.25, -0.2) is 13.2 Å². The van der Waals surface area contributed by atoms with Crippen LogP contribution in [0.3, 0.4) is 0 Å². The van der Waals surface area contributed by atoms with Gasteiger partial charge in [-0.2, -0.15) is 0 Å². The number of sulfonamides is 1. The van der Waals surface area contributed by atoms with E-state index >= 15 is 0 Å². The molecule has 0 bridgehead atoms. The highest BCUT2D eigenvalue weighted by atomic mass is 35.5. The van der Waals surface area contributed by atoms with Gasteiger partial charge in [0, 0.05) is 11.3 Å². The molecule has 1 unspecified atom stereocenters. The van der Waals surface area contributed by atoms with Crippen molar-refractivity contribution in [1.29, 1.82) is 0 Å². The Hall–Kier alpha value is -2.78. The highest BCUT2D eigenvalue weighted by Crippen LogP contribution is 2.38. The fraction of sp³-hybridized carbons (Fsp3) is 0.263. The average molecular weight is 440 g/mol. The van der Waals surface area contributed by atoms with Gasteiger partial charge in [0.2, 0.25) is 15.8 Å². The Morgan fingerprint density at radius 2 is 1.76 bits per heavy atom. The van der Waals surface area contributed by atoms with E-state index in [4.69, 9.17) is 25.8 Å². The minimum Gasteiger partial charge on any atom is -0.486 e. The van der Waals surface area contributed by atoms with Crippen molar-refractivity contribution in [3.05, 3.63) is 52.5 Å². The number of carbonyl (C=O) groups excluding carboxylic acids is 2. The molecule has 2 aromatic rings. The topological polar surface area (TPSA) is 108 Å². The minimum atomic E-state index is -3.42. The molecule has 1 N–H and O–H groups in total. The smallest absolute Gasteiger partial charge is 0.339 e. The van der Waals surface area contributed by atoms with Crippen LogP contribution in [0.25, 0.3) is 0 Å². The number of anilines is 1. The number of nitrogens with one attached hydrogen (secondary N) is 1. The molecular formula is C19H18ClNO7S. The minimum absolute atomic E-state index is 0.131. The molecule has 3 rings (SSSR count). The van der Waals surface area contributed by atoms with E-state index in [1.807, 2.05) is 0 Å². The van der Waals surface area contributed by atoms with E-state index in [-0.39, 0.29) is 16.1 Å². The van der Waals surface area contributed by atoms with Crippen molar-refractivity contribution in [1.82, 2.24) is 0 Å². The summed E-state index contributed by atoms with van der Waals surface area (Å²) in [5.74, 6) is -0.474. The number of hydrogen-bond donors (Lipinski definition) is 1. The molecular weight excluding hydrogens is 422 g/mol. The van der Waals surface area contributed by atoms with Crippen LogP contribution in [0.4, 0.5) is 5.69 Å². The summed E-state index contributed by atoms with van der Waals surface area (Å²) >= 11 is 6.12. The zero-order chi connectivity index (χ0) is 21.2. The van der Waals surface area contributed by atoms with Crippen molar-refractivity contribution < 1.29 is 32.2 Å². The zero-order valence-electron chi connectivity index (χ0n) is 15.6. The lowest BCUT2D eigenvalue weighted by atomic mass is 10.1. The van der Waals surface area contributed by atoms with Crippen molar-refractivity contribution in [2.75, 3.05) is 24.2 Å². The number of benzene rings is 2. The van der Waals surface area contributed by atoms with Gasteiger partial charge < -0.3 is 14.2 Å². The lowest BCUT2D eigenvalue weighted by molar-refractivity contribution is 0.0318. The average Bonchev–Trinajstić information content (AvgIpc) is 2.66.